The number of nitrogens with one attached hydrogen (secondary N) is 1. The van der Waals surface area contributed by atoms with Gasteiger partial charge in [-0.25, -0.2) is 0 Å². The lowest BCUT2D eigenvalue weighted by Crippen LogP contribution is -2.39. The number of amides is 1. The number of nitrogens with zero attached hydrogens (tertiary/aromatic N) is 2. The van der Waals surface area contributed by atoms with Gasteiger partial charge in [0.25, 0.3) is 0 Å². The van der Waals surface area contributed by atoms with Gasteiger partial charge in [-0.2, -0.15) is 0 Å². The molecule has 0 atom stereocenters. The highest BCUT2D eigenvalue weighted by Gasteiger charge is 2.15. The van der Waals surface area contributed by atoms with Gasteiger partial charge in [0.1, 0.15) is 0 Å². The molecule has 0 aliphatic heterocycles. The van der Waals surface area contributed by atoms with E-state index in [1.165, 1.54) is 161 Å². The molecule has 9 nitrogen and oxygen atoms in total. The summed E-state index contributed by atoms with van der Waals surface area (Å²) >= 11 is 0. The largest absolute Gasteiger partial charge is 0.466 e. The zero-order valence-corrected chi connectivity index (χ0v) is 41.0. The van der Waals surface area contributed by atoms with E-state index in [0.29, 0.717) is 65.2 Å². The highest BCUT2D eigenvalue weighted by atomic mass is 16.5. The van der Waals surface area contributed by atoms with Crippen LogP contribution in [0, 0.1) is 0 Å². The van der Waals surface area contributed by atoms with E-state index in [9.17, 15) is 14.4 Å². The van der Waals surface area contributed by atoms with Crippen LogP contribution in [0.1, 0.15) is 252 Å². The summed E-state index contributed by atoms with van der Waals surface area (Å²) in [4.78, 5) is 43.0. The first-order valence-corrected chi connectivity index (χ1v) is 26.7. The number of unbranched alkanes of at least 4 members (excludes halogenated alkanes) is 29. The quantitative estimate of drug-likeness (QED) is 0.0459. The molecular formula is C52H104N4O5. The minimum Gasteiger partial charge on any atom is -0.466 e. The van der Waals surface area contributed by atoms with Crippen LogP contribution in [-0.4, -0.2) is 93.2 Å². The Morgan fingerprint density at radius 2 is 0.705 bits per heavy atom. The molecule has 0 heterocycles. The van der Waals surface area contributed by atoms with Crippen LogP contribution in [0.15, 0.2) is 0 Å². The Balaban J connectivity index is 4.84. The van der Waals surface area contributed by atoms with Crippen molar-refractivity contribution >= 4 is 17.8 Å². The number of carbonyl (C=O) groups excluding carboxylic acids is 3. The van der Waals surface area contributed by atoms with Crippen molar-refractivity contribution in [2.75, 3.05) is 65.6 Å². The van der Waals surface area contributed by atoms with E-state index >= 15 is 0 Å². The van der Waals surface area contributed by atoms with Crippen molar-refractivity contribution in [1.82, 2.24) is 15.1 Å². The van der Waals surface area contributed by atoms with Gasteiger partial charge >= 0.3 is 11.9 Å². The maximum Gasteiger partial charge on any atom is 0.307 e. The maximum absolute atomic E-state index is 12.8. The molecule has 0 saturated heterocycles. The first kappa shape index (κ1) is 59.3. The molecule has 0 rings (SSSR count). The normalized spacial score (nSPS) is 11.5. The Bertz CT molecular complexity index is 895. The summed E-state index contributed by atoms with van der Waals surface area (Å²) < 4.78 is 11.3. The van der Waals surface area contributed by atoms with Crippen molar-refractivity contribution in [2.45, 2.75) is 252 Å². The third-order valence-corrected chi connectivity index (χ3v) is 12.2. The molecule has 0 fully saturated rings. The minimum absolute atomic E-state index is 0.120. The summed E-state index contributed by atoms with van der Waals surface area (Å²) in [5.41, 5.74) is 5.78. The Morgan fingerprint density at radius 1 is 0.377 bits per heavy atom. The van der Waals surface area contributed by atoms with Gasteiger partial charge in [0.2, 0.25) is 5.91 Å². The van der Waals surface area contributed by atoms with E-state index in [0.717, 1.165) is 71.0 Å². The summed E-state index contributed by atoms with van der Waals surface area (Å²) in [7, 11) is 0. The van der Waals surface area contributed by atoms with Crippen molar-refractivity contribution in [1.29, 1.82) is 0 Å². The van der Waals surface area contributed by atoms with Crippen LogP contribution in [0.25, 0.3) is 0 Å². The van der Waals surface area contributed by atoms with E-state index in [1.807, 2.05) is 0 Å². The van der Waals surface area contributed by atoms with Crippen molar-refractivity contribution in [2.24, 2.45) is 5.73 Å². The molecule has 0 aromatic carbocycles. The summed E-state index contributed by atoms with van der Waals surface area (Å²) in [6.07, 6.45) is 42.1. The average Bonchev–Trinajstić information content (AvgIpc) is 3.26. The van der Waals surface area contributed by atoms with Gasteiger partial charge in [-0.1, -0.05) is 201 Å². The van der Waals surface area contributed by atoms with Gasteiger partial charge in [-0.3, -0.25) is 14.4 Å². The Labute approximate surface area is 378 Å². The maximum atomic E-state index is 12.8. The van der Waals surface area contributed by atoms with Gasteiger partial charge in [-0.05, 0) is 45.2 Å². The summed E-state index contributed by atoms with van der Waals surface area (Å²) in [6.45, 7) is 13.4. The van der Waals surface area contributed by atoms with Gasteiger partial charge in [-0.15, -0.1) is 0 Å². The highest BCUT2D eigenvalue weighted by molar-refractivity contribution is 5.76. The summed E-state index contributed by atoms with van der Waals surface area (Å²) in [5, 5.41) is 3.16. The van der Waals surface area contributed by atoms with Gasteiger partial charge in [0.15, 0.2) is 0 Å². The molecular weight excluding hydrogens is 761 g/mol. The molecule has 9 heteroatoms. The second-order valence-electron chi connectivity index (χ2n) is 18.1. The third kappa shape index (κ3) is 46.1. The van der Waals surface area contributed by atoms with Crippen molar-refractivity contribution < 1.29 is 23.9 Å². The fourth-order valence-corrected chi connectivity index (χ4v) is 7.99. The van der Waals surface area contributed by atoms with Crippen LogP contribution in [0.2, 0.25) is 0 Å². The molecule has 0 bridgehead atoms. The fraction of sp³-hybridized carbons (Fsp3) is 0.942. The standard InChI is InChI=1S/C52H104N4O5/c1-4-7-10-13-16-19-22-25-28-33-41-54-50(57)37-43-55(42-34-31-32-40-53)46-47-56(44-38-51(58)60-48-35-29-26-23-20-17-14-11-8-5-2)45-39-52(59)61-49-36-30-27-24-21-18-15-12-9-6-3/h4-49,53H2,1-3H3,(H,54,57). The van der Waals surface area contributed by atoms with E-state index < -0.39 is 0 Å². The molecule has 0 aliphatic carbocycles. The number of ether oxygens (including phenoxy) is 2. The smallest absolute Gasteiger partial charge is 0.307 e. The van der Waals surface area contributed by atoms with Gasteiger partial charge in [0.05, 0.1) is 26.1 Å². The molecule has 0 aromatic rings. The molecule has 61 heavy (non-hydrogen) atoms. The van der Waals surface area contributed by atoms with E-state index in [2.05, 4.69) is 35.9 Å². The Morgan fingerprint density at radius 3 is 1.10 bits per heavy atom. The zero-order valence-electron chi connectivity index (χ0n) is 41.0. The first-order chi connectivity index (χ1) is 30.0. The Kier molecular flexibility index (Phi) is 47.9. The molecule has 0 aromatic heterocycles. The zero-order chi connectivity index (χ0) is 44.5. The molecule has 0 unspecified atom stereocenters. The van der Waals surface area contributed by atoms with Crippen LogP contribution >= 0.6 is 0 Å². The number of carbonyl (C=O) groups is 3. The molecule has 1 amide bonds. The lowest BCUT2D eigenvalue weighted by atomic mass is 10.1. The lowest BCUT2D eigenvalue weighted by molar-refractivity contribution is -0.144. The second kappa shape index (κ2) is 49.3. The van der Waals surface area contributed by atoms with Gasteiger partial charge in [0, 0.05) is 45.7 Å². The second-order valence-corrected chi connectivity index (χ2v) is 18.1. The van der Waals surface area contributed by atoms with Crippen LogP contribution in [0.5, 0.6) is 0 Å². The van der Waals surface area contributed by atoms with Crippen molar-refractivity contribution in [3.8, 4) is 0 Å². The monoisotopic (exact) mass is 865 g/mol. The molecule has 0 aliphatic rings. The number of hydrogen-bond donors (Lipinski definition) is 2. The molecule has 3 N–H and O–H groups in total. The summed E-state index contributed by atoms with van der Waals surface area (Å²) in [5.74, 6) is -0.209. The van der Waals surface area contributed by atoms with Crippen LogP contribution in [0.4, 0.5) is 0 Å². The van der Waals surface area contributed by atoms with Crippen molar-refractivity contribution in [3.63, 3.8) is 0 Å². The number of nitrogens with two attached hydrogens (primary N) is 1. The van der Waals surface area contributed by atoms with E-state index in [4.69, 9.17) is 15.2 Å². The number of hydrogen-bond acceptors (Lipinski definition) is 8. The van der Waals surface area contributed by atoms with Crippen LogP contribution in [-0.2, 0) is 23.9 Å². The lowest BCUT2D eigenvalue weighted by Gasteiger charge is -2.27. The number of esters is 2. The van der Waals surface area contributed by atoms with E-state index in [-0.39, 0.29) is 17.8 Å². The number of rotatable bonds is 50. The van der Waals surface area contributed by atoms with Crippen molar-refractivity contribution in [3.05, 3.63) is 0 Å². The average molecular weight is 865 g/mol. The first-order valence-electron chi connectivity index (χ1n) is 26.7. The highest BCUT2D eigenvalue weighted by Crippen LogP contribution is 2.13. The Hall–Kier alpha value is -1.71. The molecule has 362 valence electrons. The van der Waals surface area contributed by atoms with Crippen LogP contribution < -0.4 is 11.1 Å². The minimum atomic E-state index is -0.165. The van der Waals surface area contributed by atoms with Crippen LogP contribution in [0.3, 0.4) is 0 Å². The molecule has 0 saturated carbocycles. The molecule has 0 spiro atoms. The predicted molar refractivity (Wildman–Crippen MR) is 260 cm³/mol. The van der Waals surface area contributed by atoms with Gasteiger partial charge < -0.3 is 30.3 Å². The van der Waals surface area contributed by atoms with E-state index in [1.54, 1.807) is 0 Å². The summed E-state index contributed by atoms with van der Waals surface area (Å²) in [6, 6.07) is 0. The predicted octanol–water partition coefficient (Wildman–Crippen LogP) is 12.9. The fourth-order valence-electron chi connectivity index (χ4n) is 7.99. The third-order valence-electron chi connectivity index (χ3n) is 12.2. The topological polar surface area (TPSA) is 114 Å². The SMILES string of the molecule is CCCCCCCCCCCCNC(=O)CCN(CCCCCN)CCN(CCC(=O)OCCCCCCCCCCCC)CCC(=O)OCCCCCCCCCCCC. The molecule has 0 radical (unpaired) electrons.